The van der Waals surface area contributed by atoms with Crippen LogP contribution in [0.5, 0.6) is 5.75 Å². The predicted octanol–water partition coefficient (Wildman–Crippen LogP) is 3.84. The first-order valence-electron chi connectivity index (χ1n) is 7.67. The summed E-state index contributed by atoms with van der Waals surface area (Å²) in [7, 11) is 0. The summed E-state index contributed by atoms with van der Waals surface area (Å²) in [5, 5.41) is 12.7. The molecule has 1 aliphatic heterocycles. The summed E-state index contributed by atoms with van der Waals surface area (Å²) >= 11 is 7.14. The van der Waals surface area contributed by atoms with Crippen LogP contribution in [0.15, 0.2) is 24.3 Å². The number of hydrogen-bond acceptors (Lipinski definition) is 6. The molecule has 1 aromatic heterocycles. The van der Waals surface area contributed by atoms with Gasteiger partial charge in [0, 0.05) is 11.6 Å². The van der Waals surface area contributed by atoms with Crippen molar-refractivity contribution < 1.29 is 14.3 Å². The van der Waals surface area contributed by atoms with Gasteiger partial charge in [0.05, 0.1) is 0 Å². The van der Waals surface area contributed by atoms with Crippen LogP contribution in [0.3, 0.4) is 0 Å². The van der Waals surface area contributed by atoms with E-state index in [-0.39, 0.29) is 12.0 Å². The van der Waals surface area contributed by atoms with E-state index in [1.807, 2.05) is 6.92 Å². The van der Waals surface area contributed by atoms with E-state index < -0.39 is 5.60 Å². The molecule has 6 nitrogen and oxygen atoms in total. The molecule has 1 fully saturated rings. The Balaban J connectivity index is 1.62. The fourth-order valence-electron chi connectivity index (χ4n) is 2.40. The molecule has 3 rings (SSSR count). The molecule has 2 heterocycles. The average molecular weight is 368 g/mol. The highest BCUT2D eigenvalue weighted by atomic mass is 35.5. The number of carbonyl (C=O) groups excluding carboxylic acids is 1. The SMILES string of the molecule is C[C@@H](Oc1ccc(Cl)cc1)c1nnc(NC(=O)[C@@]2(C)CCCO2)s1. The minimum absolute atomic E-state index is 0.186. The second kappa shape index (κ2) is 7.04. The molecule has 128 valence electrons. The third-order valence-corrected chi connectivity index (χ3v) is 5.09. The van der Waals surface area contributed by atoms with Crippen molar-refractivity contribution in [2.75, 3.05) is 11.9 Å². The van der Waals surface area contributed by atoms with Crippen LogP contribution in [0.1, 0.15) is 37.8 Å². The van der Waals surface area contributed by atoms with Crippen LogP contribution < -0.4 is 10.1 Å². The molecule has 1 saturated heterocycles. The van der Waals surface area contributed by atoms with Crippen LogP contribution in [0.25, 0.3) is 0 Å². The van der Waals surface area contributed by atoms with E-state index in [0.717, 1.165) is 6.42 Å². The van der Waals surface area contributed by atoms with Gasteiger partial charge in [0.2, 0.25) is 5.13 Å². The normalized spacial score (nSPS) is 21.5. The van der Waals surface area contributed by atoms with Crippen LogP contribution in [0, 0.1) is 0 Å². The van der Waals surface area contributed by atoms with Gasteiger partial charge in [-0.3, -0.25) is 10.1 Å². The summed E-state index contributed by atoms with van der Waals surface area (Å²) < 4.78 is 11.3. The molecule has 2 atom stereocenters. The van der Waals surface area contributed by atoms with Crippen molar-refractivity contribution in [3.63, 3.8) is 0 Å². The van der Waals surface area contributed by atoms with E-state index in [0.29, 0.717) is 33.9 Å². The zero-order valence-corrected chi connectivity index (χ0v) is 15.0. The van der Waals surface area contributed by atoms with Crippen LogP contribution in [-0.4, -0.2) is 28.3 Å². The molecule has 8 heteroatoms. The number of benzene rings is 1. The molecule has 0 aliphatic carbocycles. The molecule has 0 radical (unpaired) electrons. The van der Waals surface area contributed by atoms with E-state index in [4.69, 9.17) is 21.1 Å². The third-order valence-electron chi connectivity index (χ3n) is 3.83. The van der Waals surface area contributed by atoms with Gasteiger partial charge >= 0.3 is 0 Å². The van der Waals surface area contributed by atoms with Gasteiger partial charge in [0.15, 0.2) is 5.01 Å². The van der Waals surface area contributed by atoms with Crippen molar-refractivity contribution in [1.82, 2.24) is 10.2 Å². The Kier molecular flexibility index (Phi) is 5.03. The lowest BCUT2D eigenvalue weighted by molar-refractivity contribution is -0.133. The summed E-state index contributed by atoms with van der Waals surface area (Å²) in [6.45, 7) is 4.28. The summed E-state index contributed by atoms with van der Waals surface area (Å²) in [6, 6.07) is 7.11. The van der Waals surface area contributed by atoms with Crippen LogP contribution in [-0.2, 0) is 9.53 Å². The van der Waals surface area contributed by atoms with Gasteiger partial charge in [0.25, 0.3) is 5.91 Å². The van der Waals surface area contributed by atoms with Crippen LogP contribution in [0.4, 0.5) is 5.13 Å². The number of anilines is 1. The maximum absolute atomic E-state index is 12.3. The standard InChI is InChI=1S/C16H18ClN3O3S/c1-10(23-12-6-4-11(17)5-7-12)13-19-20-15(24-13)18-14(21)16(2)8-3-9-22-16/h4-7,10H,3,8-9H2,1-2H3,(H,18,20,21)/t10-,16-/m1/s1. The number of carbonyl (C=O) groups is 1. The molecule has 1 aromatic carbocycles. The van der Waals surface area contributed by atoms with Gasteiger partial charge in [-0.25, -0.2) is 0 Å². The topological polar surface area (TPSA) is 73.3 Å². The number of nitrogens with zero attached hydrogens (tertiary/aromatic N) is 2. The van der Waals surface area contributed by atoms with Crippen molar-refractivity contribution in [2.24, 2.45) is 0 Å². The summed E-state index contributed by atoms with van der Waals surface area (Å²) in [4.78, 5) is 12.3. The highest BCUT2D eigenvalue weighted by molar-refractivity contribution is 7.15. The third kappa shape index (κ3) is 3.85. The number of amides is 1. The Hall–Kier alpha value is -1.70. The Bertz CT molecular complexity index is 714. The molecule has 1 aliphatic rings. The van der Waals surface area contributed by atoms with E-state index >= 15 is 0 Å². The highest BCUT2D eigenvalue weighted by Gasteiger charge is 2.38. The largest absolute Gasteiger partial charge is 0.483 e. The van der Waals surface area contributed by atoms with Gasteiger partial charge in [-0.15, -0.1) is 10.2 Å². The van der Waals surface area contributed by atoms with Crippen molar-refractivity contribution in [2.45, 2.75) is 38.4 Å². The Morgan fingerprint density at radius 3 is 2.83 bits per heavy atom. The number of hydrogen-bond donors (Lipinski definition) is 1. The van der Waals surface area contributed by atoms with Crippen molar-refractivity contribution in [3.05, 3.63) is 34.3 Å². The molecule has 0 saturated carbocycles. The maximum atomic E-state index is 12.3. The molecular formula is C16H18ClN3O3S. The van der Waals surface area contributed by atoms with Gasteiger partial charge in [-0.2, -0.15) is 0 Å². The zero-order chi connectivity index (χ0) is 17.2. The molecule has 1 amide bonds. The second-order valence-electron chi connectivity index (χ2n) is 5.80. The maximum Gasteiger partial charge on any atom is 0.258 e. The van der Waals surface area contributed by atoms with E-state index in [2.05, 4.69) is 15.5 Å². The fraction of sp³-hybridized carbons (Fsp3) is 0.438. The molecule has 0 spiro atoms. The lowest BCUT2D eigenvalue weighted by Gasteiger charge is -2.20. The quantitative estimate of drug-likeness (QED) is 0.869. The van der Waals surface area contributed by atoms with Crippen LogP contribution >= 0.6 is 22.9 Å². The minimum Gasteiger partial charge on any atom is -0.483 e. The minimum atomic E-state index is -0.780. The fourth-order valence-corrected chi connectivity index (χ4v) is 3.25. The van der Waals surface area contributed by atoms with Crippen molar-refractivity contribution in [1.29, 1.82) is 0 Å². The Labute approximate surface area is 149 Å². The lowest BCUT2D eigenvalue weighted by atomic mass is 10.0. The highest BCUT2D eigenvalue weighted by Crippen LogP contribution is 2.30. The molecule has 24 heavy (non-hydrogen) atoms. The average Bonchev–Trinajstić information content (AvgIpc) is 3.20. The zero-order valence-electron chi connectivity index (χ0n) is 13.4. The summed E-state index contributed by atoms with van der Waals surface area (Å²) in [5.41, 5.74) is -0.780. The first-order chi connectivity index (χ1) is 11.5. The van der Waals surface area contributed by atoms with Crippen molar-refractivity contribution >= 4 is 34.0 Å². The monoisotopic (exact) mass is 367 g/mol. The number of ether oxygens (including phenoxy) is 2. The van der Waals surface area contributed by atoms with E-state index in [9.17, 15) is 4.79 Å². The van der Waals surface area contributed by atoms with Gasteiger partial charge < -0.3 is 9.47 Å². The van der Waals surface area contributed by atoms with Crippen LogP contribution in [0.2, 0.25) is 5.02 Å². The summed E-state index contributed by atoms with van der Waals surface area (Å²) in [5.74, 6) is 0.508. The lowest BCUT2D eigenvalue weighted by Crippen LogP contribution is -2.39. The number of halogens is 1. The van der Waals surface area contributed by atoms with Gasteiger partial charge in [-0.05, 0) is 51.0 Å². The first kappa shape index (κ1) is 17.1. The molecule has 1 N–H and O–H groups in total. The van der Waals surface area contributed by atoms with Gasteiger partial charge in [-0.1, -0.05) is 22.9 Å². The smallest absolute Gasteiger partial charge is 0.258 e. The number of aromatic nitrogens is 2. The predicted molar refractivity (Wildman–Crippen MR) is 92.6 cm³/mol. The first-order valence-corrected chi connectivity index (χ1v) is 8.87. The molecule has 2 aromatic rings. The summed E-state index contributed by atoms with van der Waals surface area (Å²) in [6.07, 6.45) is 1.31. The van der Waals surface area contributed by atoms with E-state index in [1.54, 1.807) is 31.2 Å². The second-order valence-corrected chi connectivity index (χ2v) is 7.24. The molecule has 0 unspecified atom stereocenters. The Morgan fingerprint density at radius 2 is 2.17 bits per heavy atom. The number of rotatable bonds is 5. The van der Waals surface area contributed by atoms with Gasteiger partial charge in [0.1, 0.15) is 17.5 Å². The molecule has 0 bridgehead atoms. The van der Waals surface area contributed by atoms with E-state index in [1.165, 1.54) is 11.3 Å². The number of nitrogens with one attached hydrogen (secondary N) is 1. The molecular weight excluding hydrogens is 350 g/mol. The Morgan fingerprint density at radius 1 is 1.42 bits per heavy atom. The van der Waals surface area contributed by atoms with Crippen molar-refractivity contribution in [3.8, 4) is 5.75 Å².